The van der Waals surface area contributed by atoms with Gasteiger partial charge in [0.15, 0.2) is 11.5 Å². The first kappa shape index (κ1) is 13.5. The van der Waals surface area contributed by atoms with E-state index in [0.717, 1.165) is 23.2 Å². The third-order valence-corrected chi connectivity index (χ3v) is 5.83. The fourth-order valence-electron chi connectivity index (χ4n) is 2.91. The molecule has 6 heteroatoms. The lowest BCUT2D eigenvalue weighted by Gasteiger charge is -2.19. The Morgan fingerprint density at radius 3 is 2.73 bits per heavy atom. The van der Waals surface area contributed by atoms with Crippen molar-refractivity contribution in [3.8, 4) is 11.5 Å². The Labute approximate surface area is 129 Å². The fraction of sp³-hybridized carbons (Fsp3) is 0.250. The standard InChI is InChI=1S/C16H15NO4S/c1-11-2-4-14-12(8-11)6-7-17(14)22(18,19)13-3-5-15-16(9-13)21-10-20-15/h2-5,8-9H,6-7,10H2,1H3. The van der Waals surface area contributed by atoms with E-state index in [0.29, 0.717) is 18.0 Å². The molecule has 0 aliphatic carbocycles. The summed E-state index contributed by atoms with van der Waals surface area (Å²) >= 11 is 0. The Balaban J connectivity index is 1.77. The van der Waals surface area contributed by atoms with Crippen molar-refractivity contribution in [3.63, 3.8) is 0 Å². The molecule has 22 heavy (non-hydrogen) atoms. The van der Waals surface area contributed by atoms with Crippen LogP contribution < -0.4 is 13.8 Å². The van der Waals surface area contributed by atoms with Crippen LogP contribution >= 0.6 is 0 Å². The minimum Gasteiger partial charge on any atom is -0.454 e. The van der Waals surface area contributed by atoms with Crippen LogP contribution in [0.4, 0.5) is 5.69 Å². The predicted molar refractivity (Wildman–Crippen MR) is 82.0 cm³/mol. The highest BCUT2D eigenvalue weighted by molar-refractivity contribution is 7.92. The van der Waals surface area contributed by atoms with Gasteiger partial charge in [0.2, 0.25) is 6.79 Å². The van der Waals surface area contributed by atoms with Crippen molar-refractivity contribution in [2.45, 2.75) is 18.2 Å². The van der Waals surface area contributed by atoms with E-state index in [1.807, 2.05) is 25.1 Å². The number of rotatable bonds is 2. The number of hydrogen-bond acceptors (Lipinski definition) is 4. The maximum absolute atomic E-state index is 12.9. The molecule has 2 heterocycles. The summed E-state index contributed by atoms with van der Waals surface area (Å²) < 4.78 is 37.8. The Morgan fingerprint density at radius 1 is 1.05 bits per heavy atom. The molecule has 0 bridgehead atoms. The van der Waals surface area contributed by atoms with Gasteiger partial charge < -0.3 is 9.47 Å². The van der Waals surface area contributed by atoms with Gasteiger partial charge in [0.25, 0.3) is 10.0 Å². The van der Waals surface area contributed by atoms with Crippen molar-refractivity contribution < 1.29 is 17.9 Å². The third-order valence-electron chi connectivity index (χ3n) is 4.02. The molecule has 0 atom stereocenters. The van der Waals surface area contributed by atoms with Crippen LogP contribution in [0.1, 0.15) is 11.1 Å². The maximum Gasteiger partial charge on any atom is 0.264 e. The van der Waals surface area contributed by atoms with E-state index in [9.17, 15) is 8.42 Å². The Hall–Kier alpha value is -2.21. The summed E-state index contributed by atoms with van der Waals surface area (Å²) in [5.74, 6) is 1.06. The maximum atomic E-state index is 12.9. The van der Waals surface area contributed by atoms with Gasteiger partial charge in [-0.15, -0.1) is 0 Å². The first-order chi connectivity index (χ1) is 10.6. The topological polar surface area (TPSA) is 55.8 Å². The number of benzene rings is 2. The van der Waals surface area contributed by atoms with Crippen LogP contribution in [-0.4, -0.2) is 21.8 Å². The molecule has 2 aliphatic rings. The molecule has 0 spiro atoms. The van der Waals surface area contributed by atoms with Crippen LogP contribution in [0.25, 0.3) is 0 Å². The van der Waals surface area contributed by atoms with Crippen LogP contribution in [0.15, 0.2) is 41.3 Å². The van der Waals surface area contributed by atoms with Crippen molar-refractivity contribution in [2.24, 2.45) is 0 Å². The van der Waals surface area contributed by atoms with E-state index in [1.54, 1.807) is 12.1 Å². The highest BCUT2D eigenvalue weighted by atomic mass is 32.2. The second-order valence-electron chi connectivity index (χ2n) is 5.47. The van der Waals surface area contributed by atoms with Crippen LogP contribution in [0.3, 0.4) is 0 Å². The van der Waals surface area contributed by atoms with Crippen LogP contribution in [0.5, 0.6) is 11.5 Å². The predicted octanol–water partition coefficient (Wildman–Crippen LogP) is 2.48. The molecule has 4 rings (SSSR count). The van der Waals surface area contributed by atoms with E-state index in [2.05, 4.69) is 0 Å². The van der Waals surface area contributed by atoms with Gasteiger partial charge in [-0.2, -0.15) is 0 Å². The van der Waals surface area contributed by atoms with Gasteiger partial charge in [0, 0.05) is 12.6 Å². The smallest absolute Gasteiger partial charge is 0.264 e. The van der Waals surface area contributed by atoms with E-state index in [1.165, 1.54) is 10.4 Å². The summed E-state index contributed by atoms with van der Waals surface area (Å²) in [6, 6.07) is 10.6. The van der Waals surface area contributed by atoms with Crippen molar-refractivity contribution in [2.75, 3.05) is 17.6 Å². The summed E-state index contributed by atoms with van der Waals surface area (Å²) in [6.07, 6.45) is 0.737. The van der Waals surface area contributed by atoms with Gasteiger partial charge in [-0.05, 0) is 37.1 Å². The monoisotopic (exact) mass is 317 g/mol. The van der Waals surface area contributed by atoms with E-state index < -0.39 is 10.0 Å². The number of sulfonamides is 1. The highest BCUT2D eigenvalue weighted by Gasteiger charge is 2.31. The quantitative estimate of drug-likeness (QED) is 0.854. The SMILES string of the molecule is Cc1ccc2c(c1)CCN2S(=O)(=O)c1ccc2c(c1)OCO2. The molecular formula is C16H15NO4S. The lowest BCUT2D eigenvalue weighted by Crippen LogP contribution is -2.29. The minimum atomic E-state index is -3.59. The van der Waals surface area contributed by atoms with Gasteiger partial charge in [0.1, 0.15) is 0 Å². The van der Waals surface area contributed by atoms with Crippen LogP contribution in [-0.2, 0) is 16.4 Å². The molecule has 0 unspecified atom stereocenters. The van der Waals surface area contributed by atoms with Gasteiger partial charge in [-0.25, -0.2) is 8.42 Å². The summed E-state index contributed by atoms with van der Waals surface area (Å²) in [6.45, 7) is 2.61. The molecule has 0 N–H and O–H groups in total. The van der Waals surface area contributed by atoms with Crippen LogP contribution in [0.2, 0.25) is 0 Å². The average Bonchev–Trinajstić information content (AvgIpc) is 3.12. The zero-order chi connectivity index (χ0) is 15.3. The lowest BCUT2D eigenvalue weighted by molar-refractivity contribution is 0.174. The number of hydrogen-bond donors (Lipinski definition) is 0. The van der Waals surface area contributed by atoms with Crippen molar-refractivity contribution in [1.29, 1.82) is 0 Å². The molecule has 0 radical (unpaired) electrons. The molecule has 114 valence electrons. The van der Waals surface area contributed by atoms with Gasteiger partial charge in [0.05, 0.1) is 10.6 Å². The largest absolute Gasteiger partial charge is 0.454 e. The van der Waals surface area contributed by atoms with Gasteiger partial charge in [-0.1, -0.05) is 17.7 Å². The summed E-state index contributed by atoms with van der Waals surface area (Å²) in [7, 11) is -3.59. The highest BCUT2D eigenvalue weighted by Crippen LogP contribution is 2.37. The minimum absolute atomic E-state index is 0.130. The molecule has 0 amide bonds. The third kappa shape index (κ3) is 1.94. The fourth-order valence-corrected chi connectivity index (χ4v) is 4.43. The molecule has 2 aliphatic heterocycles. The van der Waals surface area contributed by atoms with Crippen LogP contribution in [0, 0.1) is 6.92 Å². The van der Waals surface area contributed by atoms with Gasteiger partial charge >= 0.3 is 0 Å². The van der Waals surface area contributed by atoms with E-state index >= 15 is 0 Å². The first-order valence-electron chi connectivity index (χ1n) is 7.08. The number of aryl methyl sites for hydroxylation is 1. The first-order valence-corrected chi connectivity index (χ1v) is 8.52. The Bertz CT molecular complexity index is 860. The van der Waals surface area contributed by atoms with E-state index in [4.69, 9.17) is 9.47 Å². The lowest BCUT2D eigenvalue weighted by atomic mass is 10.1. The Morgan fingerprint density at radius 2 is 1.86 bits per heavy atom. The molecular weight excluding hydrogens is 302 g/mol. The number of fused-ring (bicyclic) bond motifs is 2. The average molecular weight is 317 g/mol. The summed E-state index contributed by atoms with van der Waals surface area (Å²) in [4.78, 5) is 0.227. The molecule has 0 fully saturated rings. The zero-order valence-corrected chi connectivity index (χ0v) is 12.9. The normalized spacial score (nSPS) is 16.0. The number of ether oxygens (including phenoxy) is 2. The second-order valence-corrected chi connectivity index (χ2v) is 7.34. The Kier molecular flexibility index (Phi) is 2.84. The summed E-state index contributed by atoms with van der Waals surface area (Å²) in [5, 5.41) is 0. The summed E-state index contributed by atoms with van der Waals surface area (Å²) in [5.41, 5.74) is 2.98. The molecule has 0 aromatic heterocycles. The van der Waals surface area contributed by atoms with Crippen molar-refractivity contribution in [3.05, 3.63) is 47.5 Å². The zero-order valence-electron chi connectivity index (χ0n) is 12.1. The molecule has 0 saturated heterocycles. The number of nitrogens with zero attached hydrogens (tertiary/aromatic N) is 1. The molecule has 0 saturated carbocycles. The van der Waals surface area contributed by atoms with E-state index in [-0.39, 0.29) is 11.7 Å². The van der Waals surface area contributed by atoms with Gasteiger partial charge in [-0.3, -0.25) is 4.31 Å². The molecule has 5 nitrogen and oxygen atoms in total. The molecule has 2 aromatic rings. The second kappa shape index (κ2) is 4.64. The molecule has 2 aromatic carbocycles. The van der Waals surface area contributed by atoms with Crippen molar-refractivity contribution in [1.82, 2.24) is 0 Å². The number of anilines is 1. The van der Waals surface area contributed by atoms with Crippen molar-refractivity contribution >= 4 is 15.7 Å².